The SMILES string of the molecule is CC(C)(C)OC(=O)c1cc(C2CC2)cnc1Cc1cccc2c1ccn2CC1CC1. The third-order valence-electron chi connectivity index (χ3n) is 6.07. The summed E-state index contributed by atoms with van der Waals surface area (Å²) in [6.07, 6.45) is 9.84. The summed E-state index contributed by atoms with van der Waals surface area (Å²) < 4.78 is 8.09. The maximum absolute atomic E-state index is 13.0. The fourth-order valence-corrected chi connectivity index (χ4v) is 4.16. The molecule has 0 saturated heterocycles. The van der Waals surface area contributed by atoms with Crippen LogP contribution < -0.4 is 0 Å². The van der Waals surface area contributed by atoms with Gasteiger partial charge in [-0.3, -0.25) is 4.98 Å². The summed E-state index contributed by atoms with van der Waals surface area (Å²) in [6.45, 7) is 6.83. The van der Waals surface area contributed by atoms with Crippen molar-refractivity contribution in [2.45, 2.75) is 70.9 Å². The number of carbonyl (C=O) groups is 1. The van der Waals surface area contributed by atoms with Crippen LogP contribution in [0.15, 0.2) is 42.7 Å². The molecule has 2 heterocycles. The summed E-state index contributed by atoms with van der Waals surface area (Å²) in [6, 6.07) is 10.7. The summed E-state index contributed by atoms with van der Waals surface area (Å²) in [5.41, 5.74) is 4.53. The third-order valence-corrected chi connectivity index (χ3v) is 6.07. The summed E-state index contributed by atoms with van der Waals surface area (Å²) in [5.74, 6) is 1.11. The van der Waals surface area contributed by atoms with Crippen molar-refractivity contribution in [1.29, 1.82) is 0 Å². The van der Waals surface area contributed by atoms with Gasteiger partial charge in [-0.05, 0) is 87.6 Å². The first-order chi connectivity index (χ1) is 14.4. The fraction of sp³-hybridized carbons (Fsp3) is 0.462. The van der Waals surface area contributed by atoms with Crippen molar-refractivity contribution in [3.63, 3.8) is 0 Å². The molecule has 4 nitrogen and oxygen atoms in total. The first-order valence-corrected chi connectivity index (χ1v) is 11.2. The Hall–Kier alpha value is -2.62. The highest BCUT2D eigenvalue weighted by atomic mass is 16.6. The zero-order valence-electron chi connectivity index (χ0n) is 18.1. The van der Waals surface area contributed by atoms with Gasteiger partial charge in [0, 0.05) is 36.3 Å². The monoisotopic (exact) mass is 402 g/mol. The smallest absolute Gasteiger partial charge is 0.340 e. The van der Waals surface area contributed by atoms with E-state index >= 15 is 0 Å². The van der Waals surface area contributed by atoms with E-state index in [1.54, 1.807) is 0 Å². The van der Waals surface area contributed by atoms with Crippen molar-refractivity contribution in [2.24, 2.45) is 5.92 Å². The fourth-order valence-electron chi connectivity index (χ4n) is 4.16. The van der Waals surface area contributed by atoms with Gasteiger partial charge in [0.15, 0.2) is 0 Å². The van der Waals surface area contributed by atoms with Crippen LogP contribution in [0.3, 0.4) is 0 Å². The lowest BCUT2D eigenvalue weighted by Crippen LogP contribution is -2.25. The van der Waals surface area contributed by atoms with Gasteiger partial charge in [0.25, 0.3) is 0 Å². The molecule has 5 rings (SSSR count). The molecule has 0 unspecified atom stereocenters. The van der Waals surface area contributed by atoms with E-state index in [1.165, 1.54) is 42.1 Å². The lowest BCUT2D eigenvalue weighted by Gasteiger charge is -2.21. The van der Waals surface area contributed by atoms with Gasteiger partial charge in [-0.25, -0.2) is 4.79 Å². The highest BCUT2D eigenvalue weighted by molar-refractivity contribution is 5.92. The highest BCUT2D eigenvalue weighted by Crippen LogP contribution is 2.40. The molecule has 0 amide bonds. The van der Waals surface area contributed by atoms with E-state index in [0.717, 1.165) is 23.7 Å². The van der Waals surface area contributed by atoms with Gasteiger partial charge in [0.1, 0.15) is 5.60 Å². The number of fused-ring (bicyclic) bond motifs is 1. The number of esters is 1. The molecule has 2 aromatic heterocycles. The summed E-state index contributed by atoms with van der Waals surface area (Å²) in [4.78, 5) is 17.7. The van der Waals surface area contributed by atoms with Crippen LogP contribution in [0.5, 0.6) is 0 Å². The number of rotatable bonds is 6. The Labute approximate surface area is 178 Å². The molecule has 4 heteroatoms. The van der Waals surface area contributed by atoms with E-state index in [2.05, 4.69) is 35.0 Å². The molecule has 30 heavy (non-hydrogen) atoms. The van der Waals surface area contributed by atoms with Gasteiger partial charge in [-0.15, -0.1) is 0 Å². The minimum Gasteiger partial charge on any atom is -0.456 e. The normalized spacial score (nSPS) is 16.8. The number of ether oxygens (including phenoxy) is 1. The Morgan fingerprint density at radius 1 is 1.17 bits per heavy atom. The first kappa shape index (κ1) is 19.3. The van der Waals surface area contributed by atoms with E-state index < -0.39 is 5.60 Å². The maximum Gasteiger partial charge on any atom is 0.340 e. The molecular weight excluding hydrogens is 372 g/mol. The third kappa shape index (κ3) is 4.14. The number of hydrogen-bond acceptors (Lipinski definition) is 3. The van der Waals surface area contributed by atoms with E-state index in [9.17, 15) is 4.79 Å². The number of nitrogens with zero attached hydrogens (tertiary/aromatic N) is 2. The van der Waals surface area contributed by atoms with Crippen molar-refractivity contribution in [3.05, 3.63) is 65.1 Å². The molecule has 0 radical (unpaired) electrons. The molecule has 0 spiro atoms. The minimum absolute atomic E-state index is 0.272. The van der Waals surface area contributed by atoms with E-state index in [1.807, 2.05) is 33.0 Å². The van der Waals surface area contributed by atoms with Gasteiger partial charge in [-0.1, -0.05) is 12.1 Å². The zero-order chi connectivity index (χ0) is 20.9. The second kappa shape index (κ2) is 7.26. The molecular formula is C26H30N2O2. The van der Waals surface area contributed by atoms with Crippen LogP contribution in [0.25, 0.3) is 10.9 Å². The number of hydrogen-bond donors (Lipinski definition) is 0. The second-order valence-electron chi connectivity index (χ2n) is 9.98. The number of aromatic nitrogens is 2. The largest absolute Gasteiger partial charge is 0.456 e. The zero-order valence-corrected chi connectivity index (χ0v) is 18.1. The van der Waals surface area contributed by atoms with Crippen molar-refractivity contribution in [2.75, 3.05) is 0 Å². The van der Waals surface area contributed by atoms with E-state index in [-0.39, 0.29) is 5.97 Å². The maximum atomic E-state index is 13.0. The predicted octanol–water partition coefficient (Wildman–Crippen LogP) is 5.87. The van der Waals surface area contributed by atoms with Crippen LogP contribution in [0.1, 0.15) is 79.6 Å². The molecule has 156 valence electrons. The molecule has 0 N–H and O–H groups in total. The van der Waals surface area contributed by atoms with E-state index in [4.69, 9.17) is 9.72 Å². The number of pyridine rings is 1. The molecule has 3 aromatic rings. The van der Waals surface area contributed by atoms with Gasteiger partial charge in [0.05, 0.1) is 11.3 Å². The Kier molecular flexibility index (Phi) is 4.68. The molecule has 0 atom stereocenters. The van der Waals surface area contributed by atoms with Gasteiger partial charge in [-0.2, -0.15) is 0 Å². The van der Waals surface area contributed by atoms with Crippen molar-refractivity contribution < 1.29 is 9.53 Å². The van der Waals surface area contributed by atoms with Crippen molar-refractivity contribution in [3.8, 4) is 0 Å². The van der Waals surface area contributed by atoms with Gasteiger partial charge in [0.2, 0.25) is 0 Å². The Bertz CT molecular complexity index is 1100. The van der Waals surface area contributed by atoms with E-state index in [0.29, 0.717) is 17.9 Å². The van der Waals surface area contributed by atoms with Gasteiger partial charge < -0.3 is 9.30 Å². The lowest BCUT2D eigenvalue weighted by molar-refractivity contribution is 0.00678. The Balaban J connectivity index is 1.49. The van der Waals surface area contributed by atoms with Crippen LogP contribution in [-0.2, 0) is 17.7 Å². The molecule has 2 aliphatic rings. The van der Waals surface area contributed by atoms with Crippen LogP contribution in [0.4, 0.5) is 0 Å². The minimum atomic E-state index is -0.524. The first-order valence-electron chi connectivity index (χ1n) is 11.2. The van der Waals surface area contributed by atoms with Crippen LogP contribution in [0, 0.1) is 5.92 Å². The van der Waals surface area contributed by atoms with Crippen LogP contribution in [0.2, 0.25) is 0 Å². The lowest BCUT2D eigenvalue weighted by atomic mass is 10.00. The number of carbonyl (C=O) groups excluding carboxylic acids is 1. The average molecular weight is 403 g/mol. The Morgan fingerprint density at radius 3 is 2.67 bits per heavy atom. The molecule has 2 saturated carbocycles. The Morgan fingerprint density at radius 2 is 1.97 bits per heavy atom. The topological polar surface area (TPSA) is 44.1 Å². The molecule has 2 fully saturated rings. The summed E-state index contributed by atoms with van der Waals surface area (Å²) in [5, 5.41) is 1.25. The summed E-state index contributed by atoms with van der Waals surface area (Å²) >= 11 is 0. The van der Waals surface area contributed by atoms with Crippen LogP contribution >= 0.6 is 0 Å². The molecule has 0 aliphatic heterocycles. The van der Waals surface area contributed by atoms with Gasteiger partial charge >= 0.3 is 5.97 Å². The predicted molar refractivity (Wildman–Crippen MR) is 119 cm³/mol. The average Bonchev–Trinajstić information content (AvgIpc) is 3.60. The van der Waals surface area contributed by atoms with Crippen LogP contribution in [-0.4, -0.2) is 21.1 Å². The van der Waals surface area contributed by atoms with Crippen molar-refractivity contribution >= 4 is 16.9 Å². The molecule has 1 aromatic carbocycles. The van der Waals surface area contributed by atoms with Crippen molar-refractivity contribution in [1.82, 2.24) is 9.55 Å². The highest BCUT2D eigenvalue weighted by Gasteiger charge is 2.28. The quantitative estimate of drug-likeness (QED) is 0.484. The summed E-state index contributed by atoms with van der Waals surface area (Å²) in [7, 11) is 0. The second-order valence-corrected chi connectivity index (χ2v) is 9.98. The number of benzene rings is 1. The molecule has 0 bridgehead atoms. The molecule has 2 aliphatic carbocycles. The standard InChI is InChI=1S/C26H30N2O2/c1-26(2,3)30-25(29)22-13-20(18-9-10-18)15-27-23(22)14-19-5-4-6-24-21(19)11-12-28(24)16-17-7-8-17/h4-6,11-13,15,17-18H,7-10,14,16H2,1-3H3.